The first-order chi connectivity index (χ1) is 5.70. The molecule has 0 radical (unpaired) electrons. The lowest BCUT2D eigenvalue weighted by Gasteiger charge is -2.07. The number of ether oxygens (including phenoxy) is 1. The highest BCUT2D eigenvalue weighted by atomic mass is 16.6. The molecule has 0 aromatic rings. The van der Waals surface area contributed by atoms with Crippen LogP contribution in [0.3, 0.4) is 0 Å². The summed E-state index contributed by atoms with van der Waals surface area (Å²) < 4.78 is 5.07. The second kappa shape index (κ2) is 3.74. The van der Waals surface area contributed by atoms with E-state index in [1.807, 2.05) is 6.92 Å². The van der Waals surface area contributed by atoms with E-state index in [1.165, 1.54) is 0 Å². The van der Waals surface area contributed by atoms with Crippen LogP contribution in [0.1, 0.15) is 19.8 Å². The number of allylic oxidation sites excluding steroid dienone is 1. The van der Waals surface area contributed by atoms with Crippen LogP contribution >= 0.6 is 0 Å². The Kier molecular flexibility index (Phi) is 2.89. The van der Waals surface area contributed by atoms with Gasteiger partial charge < -0.3 is 14.9 Å². The van der Waals surface area contributed by atoms with Crippen LogP contribution in [-0.2, 0) is 4.74 Å². The van der Waals surface area contributed by atoms with Gasteiger partial charge in [0.1, 0.15) is 11.9 Å². The van der Waals surface area contributed by atoms with Gasteiger partial charge in [-0.05, 0) is 12.8 Å². The third-order valence-corrected chi connectivity index (χ3v) is 1.96. The summed E-state index contributed by atoms with van der Waals surface area (Å²) in [7, 11) is 0. The molecule has 1 aliphatic rings. The lowest BCUT2D eigenvalue weighted by Crippen LogP contribution is -2.13. The number of aliphatic hydroxyl groups excluding tert-OH is 2. The third-order valence-electron chi connectivity index (χ3n) is 1.96. The normalized spacial score (nSPS) is 29.5. The van der Waals surface area contributed by atoms with Crippen LogP contribution in [0.2, 0.25) is 0 Å². The first-order valence-electron chi connectivity index (χ1n) is 4.07. The van der Waals surface area contributed by atoms with Gasteiger partial charge in [-0.1, -0.05) is 13.0 Å². The molecule has 3 nitrogen and oxygen atoms in total. The van der Waals surface area contributed by atoms with Crippen molar-refractivity contribution in [3.05, 3.63) is 24.0 Å². The maximum absolute atomic E-state index is 9.50. The van der Waals surface area contributed by atoms with Crippen molar-refractivity contribution in [2.75, 3.05) is 0 Å². The molecule has 0 aromatic heterocycles. The lowest BCUT2D eigenvalue weighted by atomic mass is 10.1. The molecule has 1 heterocycles. The minimum atomic E-state index is -0.951. The zero-order chi connectivity index (χ0) is 9.14. The van der Waals surface area contributed by atoms with Crippen molar-refractivity contribution in [2.24, 2.45) is 0 Å². The number of hydrogen-bond acceptors (Lipinski definition) is 3. The summed E-state index contributed by atoms with van der Waals surface area (Å²) in [6.07, 6.45) is 1.49. The van der Waals surface area contributed by atoms with E-state index in [0.29, 0.717) is 18.4 Å². The van der Waals surface area contributed by atoms with E-state index in [0.717, 1.165) is 0 Å². The van der Waals surface area contributed by atoms with E-state index in [-0.39, 0.29) is 11.9 Å². The van der Waals surface area contributed by atoms with Crippen molar-refractivity contribution < 1.29 is 14.9 Å². The highest BCUT2D eigenvalue weighted by Crippen LogP contribution is 2.28. The molecule has 0 bridgehead atoms. The maximum Gasteiger partial charge on any atom is 0.181 e. The average molecular weight is 170 g/mol. The van der Waals surface area contributed by atoms with Gasteiger partial charge in [0.15, 0.2) is 6.29 Å². The molecule has 1 unspecified atom stereocenters. The molecule has 0 aliphatic carbocycles. The molecule has 68 valence electrons. The molecule has 0 saturated heterocycles. The summed E-state index contributed by atoms with van der Waals surface area (Å²) in [5, 5.41) is 18.8. The first-order valence-corrected chi connectivity index (χ1v) is 4.07. The van der Waals surface area contributed by atoms with E-state index in [4.69, 9.17) is 4.74 Å². The second-order valence-electron chi connectivity index (χ2n) is 2.79. The van der Waals surface area contributed by atoms with Gasteiger partial charge in [-0.3, -0.25) is 0 Å². The molecule has 12 heavy (non-hydrogen) atoms. The van der Waals surface area contributed by atoms with Crippen LogP contribution in [0, 0.1) is 0 Å². The minimum absolute atomic E-state index is 0.171. The Balaban J connectivity index is 2.77. The first kappa shape index (κ1) is 9.29. The molecule has 1 rings (SSSR count). The second-order valence-corrected chi connectivity index (χ2v) is 2.79. The standard InChI is InChI=1S/C9H14O3/c1-3-5-6-8(10)7(4-2)12-9(6)11/h3,7,9-11H,1,4-5H2,2H3/t7-,9?/m1/s1. The highest BCUT2D eigenvalue weighted by Gasteiger charge is 2.30. The summed E-state index contributed by atoms with van der Waals surface area (Å²) >= 11 is 0. The summed E-state index contributed by atoms with van der Waals surface area (Å²) in [6, 6.07) is 0. The molecule has 0 aromatic carbocycles. The largest absolute Gasteiger partial charge is 0.509 e. The Bertz CT molecular complexity index is 208. The quantitative estimate of drug-likeness (QED) is 0.631. The SMILES string of the molecule is C=CCC1=C(O)[C@@H](CC)OC1O. The molecule has 0 amide bonds. The van der Waals surface area contributed by atoms with Crippen molar-refractivity contribution >= 4 is 0 Å². The van der Waals surface area contributed by atoms with Gasteiger partial charge in [0.05, 0.1) is 0 Å². The maximum atomic E-state index is 9.50. The van der Waals surface area contributed by atoms with Gasteiger partial charge >= 0.3 is 0 Å². The van der Waals surface area contributed by atoms with Crippen molar-refractivity contribution in [1.82, 2.24) is 0 Å². The fraction of sp³-hybridized carbons (Fsp3) is 0.556. The monoisotopic (exact) mass is 170 g/mol. The van der Waals surface area contributed by atoms with Crippen LogP contribution in [0.25, 0.3) is 0 Å². The Morgan fingerprint density at radius 1 is 1.67 bits per heavy atom. The van der Waals surface area contributed by atoms with E-state index in [1.54, 1.807) is 6.08 Å². The zero-order valence-electron chi connectivity index (χ0n) is 7.16. The predicted octanol–water partition coefficient (Wildman–Crippen LogP) is 1.50. The zero-order valence-corrected chi connectivity index (χ0v) is 7.16. The van der Waals surface area contributed by atoms with Gasteiger partial charge in [-0.15, -0.1) is 6.58 Å². The van der Waals surface area contributed by atoms with E-state index in [9.17, 15) is 10.2 Å². The molecule has 0 fully saturated rings. The Labute approximate surface area is 72.0 Å². The van der Waals surface area contributed by atoms with Crippen molar-refractivity contribution in [3.63, 3.8) is 0 Å². The Hall–Kier alpha value is -0.800. The predicted molar refractivity (Wildman–Crippen MR) is 45.6 cm³/mol. The topological polar surface area (TPSA) is 49.7 Å². The fourth-order valence-electron chi connectivity index (χ4n) is 1.29. The number of hydrogen-bond donors (Lipinski definition) is 2. The highest BCUT2D eigenvalue weighted by molar-refractivity contribution is 5.21. The van der Waals surface area contributed by atoms with Crippen molar-refractivity contribution in [3.8, 4) is 0 Å². The summed E-state index contributed by atoms with van der Waals surface area (Å²) in [5.74, 6) is 0.171. The smallest absolute Gasteiger partial charge is 0.181 e. The van der Waals surface area contributed by atoms with E-state index in [2.05, 4.69) is 6.58 Å². The van der Waals surface area contributed by atoms with Crippen molar-refractivity contribution in [2.45, 2.75) is 32.2 Å². The summed E-state index contributed by atoms with van der Waals surface area (Å²) in [6.45, 7) is 5.43. The molecule has 2 N–H and O–H groups in total. The molecule has 0 saturated carbocycles. The fourth-order valence-corrected chi connectivity index (χ4v) is 1.29. The molecule has 2 atom stereocenters. The van der Waals surface area contributed by atoms with Gasteiger partial charge in [-0.2, -0.15) is 0 Å². The number of aliphatic hydroxyl groups is 2. The molecule has 3 heteroatoms. The molecule has 1 aliphatic heterocycles. The van der Waals surface area contributed by atoms with Gasteiger partial charge in [0, 0.05) is 5.57 Å². The average Bonchev–Trinajstić information content (AvgIpc) is 2.32. The Morgan fingerprint density at radius 2 is 2.33 bits per heavy atom. The van der Waals surface area contributed by atoms with Crippen LogP contribution in [0.4, 0.5) is 0 Å². The summed E-state index contributed by atoms with van der Waals surface area (Å²) in [4.78, 5) is 0. The van der Waals surface area contributed by atoms with Gasteiger partial charge in [0.2, 0.25) is 0 Å². The molecule has 0 spiro atoms. The Morgan fingerprint density at radius 3 is 2.75 bits per heavy atom. The number of rotatable bonds is 3. The van der Waals surface area contributed by atoms with Crippen molar-refractivity contribution in [1.29, 1.82) is 0 Å². The van der Waals surface area contributed by atoms with Crippen LogP contribution in [0.5, 0.6) is 0 Å². The van der Waals surface area contributed by atoms with Crippen LogP contribution in [-0.4, -0.2) is 22.6 Å². The molecular formula is C9H14O3. The minimum Gasteiger partial charge on any atom is -0.509 e. The van der Waals surface area contributed by atoms with Gasteiger partial charge in [0.25, 0.3) is 0 Å². The summed E-state index contributed by atoms with van der Waals surface area (Å²) in [5.41, 5.74) is 0.539. The van der Waals surface area contributed by atoms with Crippen LogP contribution in [0.15, 0.2) is 24.0 Å². The van der Waals surface area contributed by atoms with E-state index < -0.39 is 6.29 Å². The lowest BCUT2D eigenvalue weighted by molar-refractivity contribution is -0.0861. The van der Waals surface area contributed by atoms with Crippen LogP contribution < -0.4 is 0 Å². The molecular weight excluding hydrogens is 156 g/mol. The van der Waals surface area contributed by atoms with E-state index >= 15 is 0 Å². The third kappa shape index (κ3) is 1.52. The van der Waals surface area contributed by atoms with Gasteiger partial charge in [-0.25, -0.2) is 0 Å².